The van der Waals surface area contributed by atoms with E-state index in [1.54, 1.807) is 0 Å². The fraction of sp³-hybridized carbons (Fsp3) is 0.650. The van der Waals surface area contributed by atoms with Gasteiger partial charge in [-0.2, -0.15) is 0 Å². The third-order valence-corrected chi connectivity index (χ3v) is 4.99. The van der Waals surface area contributed by atoms with Crippen molar-refractivity contribution in [1.29, 1.82) is 0 Å². The highest BCUT2D eigenvalue weighted by atomic mass is 16.3. The maximum Gasteiger partial charge on any atom is 0.191 e. The molecule has 1 unspecified atom stereocenters. The quantitative estimate of drug-likeness (QED) is 0.499. The molecule has 0 amide bonds. The number of aliphatic hydroxyl groups is 1. The molecule has 1 aromatic rings. The van der Waals surface area contributed by atoms with Gasteiger partial charge >= 0.3 is 0 Å². The van der Waals surface area contributed by atoms with Gasteiger partial charge in [0.1, 0.15) is 5.60 Å². The number of aliphatic imine (C=N–C) groups is 1. The predicted octanol–water partition coefficient (Wildman–Crippen LogP) is 2.32. The van der Waals surface area contributed by atoms with E-state index >= 15 is 0 Å². The minimum Gasteiger partial charge on any atom is -0.384 e. The summed E-state index contributed by atoms with van der Waals surface area (Å²) in [6.45, 7) is 6.85. The molecule has 0 radical (unpaired) electrons. The van der Waals surface area contributed by atoms with E-state index in [0.717, 1.165) is 37.2 Å². The first-order chi connectivity index (χ1) is 12.0. The van der Waals surface area contributed by atoms with E-state index in [9.17, 15) is 5.11 Å². The van der Waals surface area contributed by atoms with Gasteiger partial charge in [-0.3, -0.25) is 0 Å². The van der Waals surface area contributed by atoms with Crippen molar-refractivity contribution in [2.24, 2.45) is 4.99 Å². The molecule has 1 aromatic carbocycles. The second-order valence-electron chi connectivity index (χ2n) is 7.18. The van der Waals surface area contributed by atoms with Crippen molar-refractivity contribution in [2.75, 3.05) is 33.2 Å². The molecule has 1 aliphatic carbocycles. The Morgan fingerprint density at radius 1 is 1.24 bits per heavy atom. The number of rotatable bonds is 8. The van der Waals surface area contributed by atoms with Crippen LogP contribution in [0.5, 0.6) is 0 Å². The van der Waals surface area contributed by atoms with Crippen LogP contribution in [0.4, 0.5) is 0 Å². The number of nitrogens with one attached hydrogen (secondary N) is 2. The van der Waals surface area contributed by atoms with E-state index in [4.69, 9.17) is 0 Å². The molecule has 2 rings (SSSR count). The number of nitrogens with zero attached hydrogens (tertiary/aromatic N) is 2. The van der Waals surface area contributed by atoms with Gasteiger partial charge in [-0.05, 0) is 39.3 Å². The third kappa shape index (κ3) is 6.33. The summed E-state index contributed by atoms with van der Waals surface area (Å²) in [6, 6.07) is 10.4. The van der Waals surface area contributed by atoms with Crippen LogP contribution in [-0.4, -0.2) is 55.2 Å². The first-order valence-electron chi connectivity index (χ1n) is 9.53. The van der Waals surface area contributed by atoms with Gasteiger partial charge in [-0.1, -0.05) is 43.2 Å². The van der Waals surface area contributed by atoms with Crippen LogP contribution in [0, 0.1) is 0 Å². The standard InChI is InChI=1S/C20H34N4O/c1-4-21-19(22-14-15-24(3)18-12-8-9-13-18)23-16-20(2,25)17-10-6-5-7-11-17/h5-7,10-11,18,25H,4,8-9,12-16H2,1-3H3,(H2,21,22,23). The molecule has 3 N–H and O–H groups in total. The summed E-state index contributed by atoms with van der Waals surface area (Å²) in [7, 11) is 2.21. The zero-order valence-electron chi connectivity index (χ0n) is 16.0. The average Bonchev–Trinajstić information content (AvgIpc) is 3.15. The van der Waals surface area contributed by atoms with Crippen molar-refractivity contribution in [1.82, 2.24) is 15.5 Å². The van der Waals surface area contributed by atoms with Gasteiger partial charge in [-0.25, -0.2) is 4.99 Å². The lowest BCUT2D eigenvalue weighted by atomic mass is 9.96. The van der Waals surface area contributed by atoms with E-state index in [1.807, 2.05) is 37.3 Å². The Balaban J connectivity index is 1.85. The van der Waals surface area contributed by atoms with Crippen LogP contribution in [0.2, 0.25) is 0 Å². The van der Waals surface area contributed by atoms with Gasteiger partial charge < -0.3 is 20.6 Å². The molecular formula is C20H34N4O. The number of likely N-dealkylation sites (N-methyl/N-ethyl adjacent to an activating group) is 1. The lowest BCUT2D eigenvalue weighted by molar-refractivity contribution is 0.0672. The molecule has 0 heterocycles. The molecule has 5 heteroatoms. The van der Waals surface area contributed by atoms with Crippen molar-refractivity contribution in [2.45, 2.75) is 51.2 Å². The number of hydrogen-bond acceptors (Lipinski definition) is 3. The van der Waals surface area contributed by atoms with E-state index in [-0.39, 0.29) is 0 Å². The molecule has 25 heavy (non-hydrogen) atoms. The second kappa shape index (κ2) is 9.78. The number of benzene rings is 1. The molecule has 5 nitrogen and oxygen atoms in total. The molecule has 0 spiro atoms. The average molecular weight is 347 g/mol. The van der Waals surface area contributed by atoms with E-state index in [1.165, 1.54) is 25.7 Å². The van der Waals surface area contributed by atoms with Crippen LogP contribution in [0.25, 0.3) is 0 Å². The number of guanidine groups is 1. The molecular weight excluding hydrogens is 312 g/mol. The molecule has 1 fully saturated rings. The molecule has 1 atom stereocenters. The van der Waals surface area contributed by atoms with Crippen LogP contribution in [0.15, 0.2) is 35.3 Å². The normalized spacial score (nSPS) is 18.4. The largest absolute Gasteiger partial charge is 0.384 e. The zero-order valence-corrected chi connectivity index (χ0v) is 16.0. The first kappa shape index (κ1) is 19.7. The molecule has 1 saturated carbocycles. The SMILES string of the molecule is CCNC(=NCC(C)(O)c1ccccc1)NCCN(C)C1CCCC1. The molecule has 140 valence electrons. The van der Waals surface area contributed by atoms with E-state index in [2.05, 4.69) is 34.5 Å². The Bertz CT molecular complexity index is 524. The minimum atomic E-state index is -0.968. The Morgan fingerprint density at radius 2 is 1.92 bits per heavy atom. The highest BCUT2D eigenvalue weighted by Crippen LogP contribution is 2.22. The van der Waals surface area contributed by atoms with E-state index < -0.39 is 5.60 Å². The molecule has 0 aliphatic heterocycles. The Morgan fingerprint density at radius 3 is 2.56 bits per heavy atom. The summed E-state index contributed by atoms with van der Waals surface area (Å²) in [5, 5.41) is 17.3. The van der Waals surface area contributed by atoms with Gasteiger partial charge in [0, 0.05) is 25.7 Å². The van der Waals surface area contributed by atoms with Crippen molar-refractivity contribution in [3.8, 4) is 0 Å². The maximum absolute atomic E-state index is 10.7. The summed E-state index contributed by atoms with van der Waals surface area (Å²) >= 11 is 0. The van der Waals surface area contributed by atoms with Crippen LogP contribution in [0.1, 0.15) is 45.1 Å². The molecule has 0 aromatic heterocycles. The third-order valence-electron chi connectivity index (χ3n) is 4.99. The van der Waals surface area contributed by atoms with Crippen molar-refractivity contribution >= 4 is 5.96 Å². The topological polar surface area (TPSA) is 59.9 Å². The van der Waals surface area contributed by atoms with Crippen LogP contribution < -0.4 is 10.6 Å². The van der Waals surface area contributed by atoms with Crippen molar-refractivity contribution < 1.29 is 5.11 Å². The van der Waals surface area contributed by atoms with Crippen molar-refractivity contribution in [3.05, 3.63) is 35.9 Å². The fourth-order valence-corrected chi connectivity index (χ4v) is 3.34. The van der Waals surface area contributed by atoms with Crippen molar-refractivity contribution in [3.63, 3.8) is 0 Å². The van der Waals surface area contributed by atoms with Gasteiger partial charge in [0.25, 0.3) is 0 Å². The Labute approximate surface area is 152 Å². The molecule has 0 bridgehead atoms. The lowest BCUT2D eigenvalue weighted by Gasteiger charge is -2.25. The Hall–Kier alpha value is -1.59. The Kier molecular flexibility index (Phi) is 7.72. The van der Waals surface area contributed by atoms with Crippen LogP contribution in [-0.2, 0) is 5.60 Å². The smallest absolute Gasteiger partial charge is 0.191 e. The highest BCUT2D eigenvalue weighted by molar-refractivity contribution is 5.79. The summed E-state index contributed by atoms with van der Waals surface area (Å²) in [6.07, 6.45) is 5.37. The summed E-state index contributed by atoms with van der Waals surface area (Å²) in [4.78, 5) is 7.03. The summed E-state index contributed by atoms with van der Waals surface area (Å²) < 4.78 is 0. The molecule has 1 aliphatic rings. The lowest BCUT2D eigenvalue weighted by Crippen LogP contribution is -2.43. The fourth-order valence-electron chi connectivity index (χ4n) is 3.34. The van der Waals surface area contributed by atoms with E-state index in [0.29, 0.717) is 6.54 Å². The monoisotopic (exact) mass is 346 g/mol. The van der Waals surface area contributed by atoms with Gasteiger partial charge in [0.15, 0.2) is 5.96 Å². The number of hydrogen-bond donors (Lipinski definition) is 3. The minimum absolute atomic E-state index is 0.324. The van der Waals surface area contributed by atoms with Crippen LogP contribution >= 0.6 is 0 Å². The van der Waals surface area contributed by atoms with Gasteiger partial charge in [0.2, 0.25) is 0 Å². The van der Waals surface area contributed by atoms with Gasteiger partial charge in [-0.15, -0.1) is 0 Å². The maximum atomic E-state index is 10.7. The molecule has 0 saturated heterocycles. The first-order valence-corrected chi connectivity index (χ1v) is 9.53. The predicted molar refractivity (Wildman–Crippen MR) is 105 cm³/mol. The second-order valence-corrected chi connectivity index (χ2v) is 7.18. The summed E-state index contributed by atoms with van der Waals surface area (Å²) in [5.74, 6) is 0.763. The summed E-state index contributed by atoms with van der Waals surface area (Å²) in [5.41, 5.74) is -0.0832. The van der Waals surface area contributed by atoms with Crippen LogP contribution in [0.3, 0.4) is 0 Å². The van der Waals surface area contributed by atoms with Gasteiger partial charge in [0.05, 0.1) is 6.54 Å². The highest BCUT2D eigenvalue weighted by Gasteiger charge is 2.22. The zero-order chi connectivity index (χ0) is 18.1.